The first-order chi connectivity index (χ1) is 8.56. The molecule has 0 aliphatic carbocycles. The van der Waals surface area contributed by atoms with E-state index in [0.717, 1.165) is 24.1 Å². The topological polar surface area (TPSA) is 23.5 Å². The maximum Gasteiger partial charge on any atom is 0.127 e. The summed E-state index contributed by atoms with van der Waals surface area (Å²) in [6, 6.07) is 4.96. The first kappa shape index (κ1) is 15.6. The average molecular weight is 318 g/mol. The number of aliphatic hydroxyl groups excluding tert-OH is 1. The predicted octanol–water partition coefficient (Wildman–Crippen LogP) is 3.22. The molecule has 1 unspecified atom stereocenters. The van der Waals surface area contributed by atoms with Crippen molar-refractivity contribution in [2.75, 3.05) is 19.6 Å². The molecule has 0 aliphatic rings. The molecule has 0 fully saturated rings. The minimum absolute atomic E-state index is 0.258. The van der Waals surface area contributed by atoms with Gasteiger partial charge in [0.05, 0.1) is 6.10 Å². The SMILES string of the molecule is CCN(CC)CCC(O)Cc1ccc(Br)cc1F. The highest BCUT2D eigenvalue weighted by Gasteiger charge is 2.11. The Hall–Kier alpha value is -0.450. The van der Waals surface area contributed by atoms with Crippen LogP contribution in [0.1, 0.15) is 25.8 Å². The highest BCUT2D eigenvalue weighted by molar-refractivity contribution is 9.10. The molecule has 0 aromatic heterocycles. The lowest BCUT2D eigenvalue weighted by Gasteiger charge is -2.20. The van der Waals surface area contributed by atoms with E-state index in [1.807, 2.05) is 0 Å². The minimum atomic E-state index is -0.485. The van der Waals surface area contributed by atoms with Gasteiger partial charge in [0.25, 0.3) is 0 Å². The second kappa shape index (κ2) is 7.87. The maximum absolute atomic E-state index is 13.6. The number of rotatable bonds is 7. The molecule has 0 aliphatic heterocycles. The van der Waals surface area contributed by atoms with Crippen LogP contribution in [0.3, 0.4) is 0 Å². The van der Waals surface area contributed by atoms with Gasteiger partial charge in [-0.05, 0) is 37.2 Å². The van der Waals surface area contributed by atoms with Gasteiger partial charge in [0.1, 0.15) is 5.82 Å². The van der Waals surface area contributed by atoms with Crippen LogP contribution < -0.4 is 0 Å². The summed E-state index contributed by atoms with van der Waals surface area (Å²) in [6.07, 6.45) is 0.568. The van der Waals surface area contributed by atoms with Gasteiger partial charge in [-0.15, -0.1) is 0 Å². The fourth-order valence-electron chi connectivity index (χ4n) is 1.91. The van der Waals surface area contributed by atoms with Crippen molar-refractivity contribution in [3.8, 4) is 0 Å². The van der Waals surface area contributed by atoms with Crippen LogP contribution in [0.2, 0.25) is 0 Å². The molecule has 0 saturated carbocycles. The normalized spacial score (nSPS) is 13.0. The van der Waals surface area contributed by atoms with Gasteiger partial charge < -0.3 is 10.0 Å². The molecule has 0 amide bonds. The summed E-state index contributed by atoms with van der Waals surface area (Å²) in [5.74, 6) is -0.258. The van der Waals surface area contributed by atoms with Crippen molar-refractivity contribution < 1.29 is 9.50 Å². The molecule has 1 atom stereocenters. The lowest BCUT2D eigenvalue weighted by molar-refractivity contribution is 0.143. The molecule has 1 rings (SSSR count). The Morgan fingerprint density at radius 1 is 1.33 bits per heavy atom. The smallest absolute Gasteiger partial charge is 0.127 e. The Morgan fingerprint density at radius 2 is 2.00 bits per heavy atom. The molecule has 0 spiro atoms. The summed E-state index contributed by atoms with van der Waals surface area (Å²) in [5, 5.41) is 9.93. The molecule has 0 saturated heterocycles. The van der Waals surface area contributed by atoms with Crippen molar-refractivity contribution in [2.24, 2.45) is 0 Å². The summed E-state index contributed by atoms with van der Waals surface area (Å²) >= 11 is 3.22. The van der Waals surface area contributed by atoms with Gasteiger partial charge in [-0.25, -0.2) is 4.39 Å². The zero-order valence-electron chi connectivity index (χ0n) is 11.0. The van der Waals surface area contributed by atoms with E-state index in [4.69, 9.17) is 0 Å². The van der Waals surface area contributed by atoms with Gasteiger partial charge in [-0.3, -0.25) is 0 Å². The van der Waals surface area contributed by atoms with Crippen LogP contribution in [0.5, 0.6) is 0 Å². The summed E-state index contributed by atoms with van der Waals surface area (Å²) in [7, 11) is 0. The number of nitrogens with zero attached hydrogens (tertiary/aromatic N) is 1. The van der Waals surface area contributed by atoms with E-state index in [9.17, 15) is 9.50 Å². The predicted molar refractivity (Wildman–Crippen MR) is 76.2 cm³/mol. The maximum atomic E-state index is 13.6. The second-order valence-corrected chi connectivity index (χ2v) is 5.32. The molecule has 0 radical (unpaired) electrons. The Labute approximate surface area is 117 Å². The average Bonchev–Trinajstić information content (AvgIpc) is 2.34. The van der Waals surface area contributed by atoms with Gasteiger partial charge in [0.15, 0.2) is 0 Å². The number of benzene rings is 1. The minimum Gasteiger partial charge on any atom is -0.393 e. The molecule has 2 nitrogen and oxygen atoms in total. The number of hydrogen-bond acceptors (Lipinski definition) is 2. The lowest BCUT2D eigenvalue weighted by Crippen LogP contribution is -2.27. The Bertz CT molecular complexity index is 369. The van der Waals surface area contributed by atoms with E-state index < -0.39 is 6.10 Å². The molecule has 1 N–H and O–H groups in total. The van der Waals surface area contributed by atoms with Gasteiger partial charge in [-0.2, -0.15) is 0 Å². The van der Waals surface area contributed by atoms with Gasteiger partial charge in [-0.1, -0.05) is 35.8 Å². The van der Waals surface area contributed by atoms with E-state index in [-0.39, 0.29) is 5.82 Å². The fourth-order valence-corrected chi connectivity index (χ4v) is 2.25. The molecule has 4 heteroatoms. The Kier molecular flexibility index (Phi) is 6.82. The fraction of sp³-hybridized carbons (Fsp3) is 0.571. The molecule has 1 aromatic rings. The lowest BCUT2D eigenvalue weighted by atomic mass is 10.0. The number of aliphatic hydroxyl groups is 1. The van der Waals surface area contributed by atoms with Crippen molar-refractivity contribution in [3.63, 3.8) is 0 Å². The second-order valence-electron chi connectivity index (χ2n) is 4.41. The highest BCUT2D eigenvalue weighted by atomic mass is 79.9. The van der Waals surface area contributed by atoms with Crippen LogP contribution in [0.15, 0.2) is 22.7 Å². The third-order valence-corrected chi connectivity index (χ3v) is 3.64. The standard InChI is InChI=1S/C14H21BrFNO/c1-3-17(4-2)8-7-13(18)9-11-5-6-12(15)10-14(11)16/h5-6,10,13,18H,3-4,7-9H2,1-2H3. The Morgan fingerprint density at radius 3 is 2.56 bits per heavy atom. The Balaban J connectivity index is 2.46. The molecule has 1 aromatic carbocycles. The van der Waals surface area contributed by atoms with Gasteiger partial charge in [0.2, 0.25) is 0 Å². The summed E-state index contributed by atoms with van der Waals surface area (Å²) in [4.78, 5) is 2.25. The summed E-state index contributed by atoms with van der Waals surface area (Å²) < 4.78 is 14.3. The van der Waals surface area contributed by atoms with E-state index in [1.165, 1.54) is 6.07 Å². The van der Waals surface area contributed by atoms with E-state index in [2.05, 4.69) is 34.7 Å². The zero-order valence-corrected chi connectivity index (χ0v) is 12.6. The van der Waals surface area contributed by atoms with Crippen LogP contribution in [0.4, 0.5) is 4.39 Å². The van der Waals surface area contributed by atoms with Crippen molar-refractivity contribution in [3.05, 3.63) is 34.1 Å². The van der Waals surface area contributed by atoms with Crippen molar-refractivity contribution >= 4 is 15.9 Å². The summed E-state index contributed by atoms with van der Waals surface area (Å²) in [6.45, 7) is 7.02. The number of hydrogen-bond donors (Lipinski definition) is 1. The largest absolute Gasteiger partial charge is 0.393 e. The van der Waals surface area contributed by atoms with Gasteiger partial charge in [0, 0.05) is 17.4 Å². The molecular formula is C14H21BrFNO. The molecule has 0 bridgehead atoms. The van der Waals surface area contributed by atoms with Crippen LogP contribution in [-0.2, 0) is 6.42 Å². The van der Waals surface area contributed by atoms with E-state index in [0.29, 0.717) is 18.4 Å². The molecule has 0 heterocycles. The molecule has 102 valence electrons. The van der Waals surface area contributed by atoms with Crippen LogP contribution in [0, 0.1) is 5.82 Å². The van der Waals surface area contributed by atoms with Crippen molar-refractivity contribution in [1.82, 2.24) is 4.90 Å². The third-order valence-electron chi connectivity index (χ3n) is 3.14. The third kappa shape index (κ3) is 5.04. The van der Waals surface area contributed by atoms with Crippen LogP contribution >= 0.6 is 15.9 Å². The van der Waals surface area contributed by atoms with Crippen molar-refractivity contribution in [2.45, 2.75) is 32.8 Å². The molecule has 18 heavy (non-hydrogen) atoms. The van der Waals surface area contributed by atoms with E-state index >= 15 is 0 Å². The first-order valence-corrected chi connectivity index (χ1v) is 7.20. The first-order valence-electron chi connectivity index (χ1n) is 6.41. The van der Waals surface area contributed by atoms with Crippen LogP contribution in [0.25, 0.3) is 0 Å². The zero-order chi connectivity index (χ0) is 13.5. The van der Waals surface area contributed by atoms with Crippen molar-refractivity contribution in [1.29, 1.82) is 0 Å². The highest BCUT2D eigenvalue weighted by Crippen LogP contribution is 2.17. The van der Waals surface area contributed by atoms with Gasteiger partial charge >= 0.3 is 0 Å². The monoisotopic (exact) mass is 317 g/mol. The summed E-state index contributed by atoms with van der Waals surface area (Å²) in [5.41, 5.74) is 0.574. The van der Waals surface area contributed by atoms with Crippen LogP contribution in [-0.4, -0.2) is 35.7 Å². The molecular weight excluding hydrogens is 297 g/mol. The van der Waals surface area contributed by atoms with E-state index in [1.54, 1.807) is 12.1 Å². The number of halogens is 2. The quantitative estimate of drug-likeness (QED) is 0.834.